The van der Waals surface area contributed by atoms with Crippen LogP contribution < -0.4 is 0 Å². The lowest BCUT2D eigenvalue weighted by molar-refractivity contribution is 0.672. The van der Waals surface area contributed by atoms with Gasteiger partial charge < -0.3 is 8.83 Å². The van der Waals surface area contributed by atoms with Gasteiger partial charge in [0.05, 0.1) is 11.6 Å². The summed E-state index contributed by atoms with van der Waals surface area (Å²) in [5.74, 6) is 0. The van der Waals surface area contributed by atoms with Crippen LogP contribution in [0.1, 0.15) is 5.56 Å². The minimum atomic E-state index is 0.593. The van der Waals surface area contributed by atoms with Crippen LogP contribution in [-0.4, -0.2) is 0 Å². The zero-order valence-corrected chi connectivity index (χ0v) is 24.3. The molecule has 7 aromatic carbocycles. The molecule has 0 saturated carbocycles. The third kappa shape index (κ3) is 3.46. The molecule has 0 aliphatic rings. The van der Waals surface area contributed by atoms with Crippen LogP contribution in [0.2, 0.25) is 0 Å². The highest BCUT2D eigenvalue weighted by molar-refractivity contribution is 9.10. The van der Waals surface area contributed by atoms with Crippen molar-refractivity contribution >= 4 is 81.4 Å². The molecular formula is C39H20BrNO2. The quantitative estimate of drug-likeness (QED) is 0.195. The topological polar surface area (TPSA) is 50.1 Å². The van der Waals surface area contributed by atoms with Crippen molar-refractivity contribution in [3.8, 4) is 28.3 Å². The third-order valence-electron chi connectivity index (χ3n) is 8.55. The Morgan fingerprint density at radius 2 is 0.837 bits per heavy atom. The number of furan rings is 2. The van der Waals surface area contributed by atoms with Gasteiger partial charge in [0.1, 0.15) is 22.3 Å². The van der Waals surface area contributed by atoms with Crippen molar-refractivity contribution in [2.45, 2.75) is 0 Å². The molecule has 2 heterocycles. The largest absolute Gasteiger partial charge is 0.455 e. The van der Waals surface area contributed by atoms with Gasteiger partial charge in [0.15, 0.2) is 0 Å². The lowest BCUT2D eigenvalue weighted by Gasteiger charge is -2.16. The molecule has 0 spiro atoms. The second-order valence-corrected chi connectivity index (χ2v) is 11.7. The van der Waals surface area contributed by atoms with Crippen molar-refractivity contribution in [2.75, 3.05) is 0 Å². The van der Waals surface area contributed by atoms with E-state index >= 15 is 0 Å². The summed E-state index contributed by atoms with van der Waals surface area (Å²) in [6.07, 6.45) is 0. The second-order valence-electron chi connectivity index (χ2n) is 10.9. The summed E-state index contributed by atoms with van der Waals surface area (Å²) in [6.45, 7) is 0. The minimum Gasteiger partial charge on any atom is -0.455 e. The number of benzene rings is 7. The molecular weight excluding hydrogens is 594 g/mol. The highest BCUT2D eigenvalue weighted by Crippen LogP contribution is 2.47. The van der Waals surface area contributed by atoms with Crippen LogP contribution in [0.15, 0.2) is 135 Å². The highest BCUT2D eigenvalue weighted by atomic mass is 79.9. The molecule has 4 heteroatoms. The molecule has 0 aliphatic heterocycles. The Balaban J connectivity index is 1.40. The van der Waals surface area contributed by atoms with E-state index in [-0.39, 0.29) is 0 Å². The number of rotatable bonds is 2. The van der Waals surface area contributed by atoms with Gasteiger partial charge in [-0.25, -0.2) is 0 Å². The molecule has 0 bridgehead atoms. The summed E-state index contributed by atoms with van der Waals surface area (Å²) in [5, 5.41) is 18.7. The fourth-order valence-corrected chi connectivity index (χ4v) is 7.28. The zero-order chi connectivity index (χ0) is 28.7. The molecule has 43 heavy (non-hydrogen) atoms. The average molecular weight is 614 g/mol. The van der Waals surface area contributed by atoms with Gasteiger partial charge in [-0.3, -0.25) is 0 Å². The Labute approximate surface area is 254 Å². The molecule has 0 amide bonds. The van der Waals surface area contributed by atoms with E-state index in [0.29, 0.717) is 5.56 Å². The van der Waals surface area contributed by atoms with E-state index in [2.05, 4.69) is 82.7 Å². The first kappa shape index (κ1) is 24.2. The third-order valence-corrected chi connectivity index (χ3v) is 9.41. The van der Waals surface area contributed by atoms with Gasteiger partial charge in [0.2, 0.25) is 0 Å². The summed E-state index contributed by atoms with van der Waals surface area (Å²) in [7, 11) is 0. The first-order valence-corrected chi connectivity index (χ1v) is 14.9. The maximum absolute atomic E-state index is 10.3. The standard InChI is InChI=1S/C39H20BrNO2/c40-37-31(29-19-33-25-11-5-7-15-35(25)42-38(33)27-13-3-1-9-23(27)29)17-22(21-41)18-32(37)30-20-34-26-12-6-8-16-36(26)43-39(34)28-14-4-2-10-24(28)30/h1-20H. The molecule has 3 nitrogen and oxygen atoms in total. The molecule has 0 unspecified atom stereocenters. The number of hydrogen-bond donors (Lipinski definition) is 0. The molecule has 0 aliphatic carbocycles. The van der Waals surface area contributed by atoms with Crippen LogP contribution in [0.5, 0.6) is 0 Å². The van der Waals surface area contributed by atoms with E-state index < -0.39 is 0 Å². The van der Waals surface area contributed by atoms with Crippen molar-refractivity contribution in [1.29, 1.82) is 5.26 Å². The molecule has 0 saturated heterocycles. The molecule has 9 aromatic rings. The molecule has 9 rings (SSSR count). The van der Waals surface area contributed by atoms with E-state index in [1.54, 1.807) is 0 Å². The predicted molar refractivity (Wildman–Crippen MR) is 179 cm³/mol. The Kier molecular flexibility index (Phi) is 5.11. The lowest BCUT2D eigenvalue weighted by atomic mass is 9.90. The molecule has 0 N–H and O–H groups in total. The van der Waals surface area contributed by atoms with Crippen LogP contribution >= 0.6 is 15.9 Å². The van der Waals surface area contributed by atoms with Gasteiger partial charge >= 0.3 is 0 Å². The Bertz CT molecular complexity index is 2480. The fraction of sp³-hybridized carbons (Fsp3) is 0. The van der Waals surface area contributed by atoms with Gasteiger partial charge in [-0.15, -0.1) is 0 Å². The fourth-order valence-electron chi connectivity index (χ4n) is 6.62. The average Bonchev–Trinajstić information content (AvgIpc) is 3.63. The van der Waals surface area contributed by atoms with Crippen LogP contribution in [0.3, 0.4) is 0 Å². The van der Waals surface area contributed by atoms with Crippen LogP contribution in [0.25, 0.3) is 87.7 Å². The van der Waals surface area contributed by atoms with Crippen molar-refractivity contribution in [3.05, 3.63) is 131 Å². The van der Waals surface area contributed by atoms with Gasteiger partial charge in [-0.1, -0.05) is 84.9 Å². The Hall–Kier alpha value is -5.37. The van der Waals surface area contributed by atoms with Gasteiger partial charge in [0.25, 0.3) is 0 Å². The first-order chi connectivity index (χ1) is 21.2. The summed E-state index contributed by atoms with van der Waals surface area (Å²) in [5.41, 5.74) is 8.05. The van der Waals surface area contributed by atoms with Gasteiger partial charge in [-0.2, -0.15) is 5.26 Å². The maximum Gasteiger partial charge on any atom is 0.143 e. The summed E-state index contributed by atoms with van der Waals surface area (Å²) >= 11 is 4.04. The predicted octanol–water partition coefficient (Wildman–Crippen LogP) is 11.8. The van der Waals surface area contributed by atoms with E-state index in [4.69, 9.17) is 8.83 Å². The van der Waals surface area contributed by atoms with Crippen LogP contribution in [-0.2, 0) is 0 Å². The number of para-hydroxylation sites is 2. The second kappa shape index (κ2) is 9.06. The summed E-state index contributed by atoms with van der Waals surface area (Å²) in [4.78, 5) is 0. The molecule has 0 radical (unpaired) electrons. The van der Waals surface area contributed by atoms with Gasteiger partial charge in [-0.05, 0) is 85.4 Å². The lowest BCUT2D eigenvalue weighted by Crippen LogP contribution is -1.91. The number of hydrogen-bond acceptors (Lipinski definition) is 3. The van der Waals surface area contributed by atoms with Crippen LogP contribution in [0.4, 0.5) is 0 Å². The molecule has 2 aromatic heterocycles. The smallest absolute Gasteiger partial charge is 0.143 e. The van der Waals surface area contributed by atoms with E-state index in [1.807, 2.05) is 60.7 Å². The van der Waals surface area contributed by atoms with E-state index in [0.717, 1.165) is 92.1 Å². The number of halogens is 1. The Morgan fingerprint density at radius 1 is 0.442 bits per heavy atom. The Morgan fingerprint density at radius 3 is 1.28 bits per heavy atom. The minimum absolute atomic E-state index is 0.593. The monoisotopic (exact) mass is 613 g/mol. The summed E-state index contributed by atoms with van der Waals surface area (Å²) in [6, 6.07) is 43.8. The highest BCUT2D eigenvalue weighted by Gasteiger charge is 2.21. The van der Waals surface area contributed by atoms with Gasteiger partial charge in [0, 0.05) is 36.8 Å². The first-order valence-electron chi connectivity index (χ1n) is 14.1. The van der Waals surface area contributed by atoms with E-state index in [9.17, 15) is 5.26 Å². The number of fused-ring (bicyclic) bond motifs is 10. The zero-order valence-electron chi connectivity index (χ0n) is 22.7. The van der Waals surface area contributed by atoms with Crippen molar-refractivity contribution < 1.29 is 8.83 Å². The molecule has 200 valence electrons. The van der Waals surface area contributed by atoms with E-state index in [1.165, 1.54) is 0 Å². The maximum atomic E-state index is 10.3. The van der Waals surface area contributed by atoms with Crippen molar-refractivity contribution in [1.82, 2.24) is 0 Å². The number of nitrogens with zero attached hydrogens (tertiary/aromatic N) is 1. The van der Waals surface area contributed by atoms with Crippen molar-refractivity contribution in [2.24, 2.45) is 0 Å². The summed E-state index contributed by atoms with van der Waals surface area (Å²) < 4.78 is 13.7. The normalized spacial score (nSPS) is 11.8. The number of nitriles is 1. The van der Waals surface area contributed by atoms with Crippen molar-refractivity contribution in [3.63, 3.8) is 0 Å². The molecule has 0 atom stereocenters. The SMILES string of the molecule is N#Cc1cc(-c2cc3c4ccccc4oc3c3ccccc23)c(Br)c(-c2cc3c4ccccc4oc3c3ccccc23)c1. The molecule has 0 fully saturated rings. The van der Waals surface area contributed by atoms with Crippen LogP contribution in [0, 0.1) is 11.3 Å².